The van der Waals surface area contributed by atoms with E-state index in [0.29, 0.717) is 24.3 Å². The van der Waals surface area contributed by atoms with Crippen LogP contribution in [0.25, 0.3) is 5.69 Å². The molecule has 2 aromatic heterocycles. The second-order valence-electron chi connectivity index (χ2n) is 6.04. The number of halogens is 3. The number of rotatable bonds is 2. The number of amides is 1. The van der Waals surface area contributed by atoms with E-state index in [2.05, 4.69) is 5.10 Å². The van der Waals surface area contributed by atoms with E-state index in [1.54, 1.807) is 40.5 Å². The van der Waals surface area contributed by atoms with Crippen LogP contribution < -0.4 is 0 Å². The normalized spacial score (nSPS) is 14.3. The Kier molecular flexibility index (Phi) is 4.07. The molecule has 3 heterocycles. The van der Waals surface area contributed by atoms with E-state index in [9.17, 15) is 18.0 Å². The fourth-order valence-corrected chi connectivity index (χ4v) is 3.87. The summed E-state index contributed by atoms with van der Waals surface area (Å²) in [6.45, 7) is 1.26. The highest BCUT2D eigenvalue weighted by molar-refractivity contribution is 7.10. The number of alkyl halides is 3. The molecule has 0 aliphatic carbocycles. The van der Waals surface area contributed by atoms with Crippen molar-refractivity contribution in [1.82, 2.24) is 14.7 Å². The first-order valence-electron chi connectivity index (χ1n) is 7.99. The van der Waals surface area contributed by atoms with E-state index in [1.165, 1.54) is 16.6 Å². The van der Waals surface area contributed by atoms with Crippen LogP contribution in [0.2, 0.25) is 0 Å². The monoisotopic (exact) mass is 377 g/mol. The van der Waals surface area contributed by atoms with Crippen LogP contribution in [0, 0.1) is 0 Å². The summed E-state index contributed by atoms with van der Waals surface area (Å²) in [5.41, 5.74) is 1.21. The molecule has 0 atom stereocenters. The summed E-state index contributed by atoms with van der Waals surface area (Å²) in [4.78, 5) is 15.8. The molecule has 0 radical (unpaired) electrons. The first kappa shape index (κ1) is 16.8. The number of carbonyl (C=O) groups is 1. The van der Waals surface area contributed by atoms with E-state index >= 15 is 0 Å². The summed E-state index contributed by atoms with van der Waals surface area (Å²) in [7, 11) is 0. The average molecular weight is 377 g/mol. The summed E-state index contributed by atoms with van der Waals surface area (Å²) < 4.78 is 39.1. The van der Waals surface area contributed by atoms with Gasteiger partial charge in [0, 0.05) is 29.7 Å². The average Bonchev–Trinajstić information content (AvgIpc) is 3.29. The number of nitrogens with zero attached hydrogens (tertiary/aromatic N) is 3. The largest absolute Gasteiger partial charge is 0.435 e. The van der Waals surface area contributed by atoms with Crippen LogP contribution in [-0.2, 0) is 19.1 Å². The summed E-state index contributed by atoms with van der Waals surface area (Å²) in [6.07, 6.45) is -2.37. The lowest BCUT2D eigenvalue weighted by atomic mass is 10.1. The van der Waals surface area contributed by atoms with Crippen LogP contribution in [0.15, 0.2) is 48.0 Å². The molecule has 0 saturated carbocycles. The van der Waals surface area contributed by atoms with Crippen LogP contribution in [0.1, 0.15) is 26.5 Å². The molecule has 0 fully saturated rings. The van der Waals surface area contributed by atoms with Gasteiger partial charge in [-0.1, -0.05) is 0 Å². The molecule has 4 nitrogen and oxygen atoms in total. The molecule has 0 spiro atoms. The molecule has 8 heteroatoms. The molecular formula is C18H14F3N3OS. The van der Waals surface area contributed by atoms with Crippen molar-refractivity contribution >= 4 is 17.2 Å². The predicted octanol–water partition coefficient (Wildman–Crippen LogP) is 4.15. The molecule has 0 N–H and O–H groups in total. The zero-order valence-electron chi connectivity index (χ0n) is 13.5. The van der Waals surface area contributed by atoms with Gasteiger partial charge >= 0.3 is 6.18 Å². The maximum absolute atomic E-state index is 12.7. The Balaban J connectivity index is 1.51. The van der Waals surface area contributed by atoms with E-state index in [1.807, 2.05) is 11.4 Å². The SMILES string of the molecule is O=C(c1ccc(-n2ccc(C(F)(F)F)n2)cc1)N1CCc2sccc2C1. The van der Waals surface area contributed by atoms with Gasteiger partial charge in [-0.05, 0) is 53.8 Å². The van der Waals surface area contributed by atoms with Gasteiger partial charge in [0.1, 0.15) is 0 Å². The van der Waals surface area contributed by atoms with E-state index in [-0.39, 0.29) is 5.91 Å². The predicted molar refractivity (Wildman–Crippen MR) is 91.3 cm³/mol. The quantitative estimate of drug-likeness (QED) is 0.673. The number of fused-ring (bicyclic) bond motifs is 1. The molecule has 0 saturated heterocycles. The lowest BCUT2D eigenvalue weighted by Crippen LogP contribution is -2.35. The summed E-state index contributed by atoms with van der Waals surface area (Å²) in [5.74, 6) is -0.0788. The lowest BCUT2D eigenvalue weighted by molar-refractivity contribution is -0.141. The van der Waals surface area contributed by atoms with Gasteiger partial charge in [0.15, 0.2) is 5.69 Å². The van der Waals surface area contributed by atoms with Crippen molar-refractivity contribution in [1.29, 1.82) is 0 Å². The Labute approximate surface area is 151 Å². The second-order valence-corrected chi connectivity index (χ2v) is 7.04. The van der Waals surface area contributed by atoms with Crippen molar-refractivity contribution in [2.75, 3.05) is 6.54 Å². The zero-order valence-corrected chi connectivity index (χ0v) is 14.3. The molecular weight excluding hydrogens is 363 g/mol. The van der Waals surface area contributed by atoms with Crippen molar-refractivity contribution in [3.63, 3.8) is 0 Å². The zero-order chi connectivity index (χ0) is 18.3. The number of hydrogen-bond acceptors (Lipinski definition) is 3. The van der Waals surface area contributed by atoms with E-state index in [4.69, 9.17) is 0 Å². The fraction of sp³-hybridized carbons (Fsp3) is 0.222. The van der Waals surface area contributed by atoms with Crippen molar-refractivity contribution in [3.8, 4) is 5.69 Å². The first-order chi connectivity index (χ1) is 12.4. The maximum atomic E-state index is 12.7. The molecule has 1 amide bonds. The maximum Gasteiger partial charge on any atom is 0.435 e. The minimum absolute atomic E-state index is 0.0788. The molecule has 0 bridgehead atoms. The Morgan fingerprint density at radius 2 is 1.88 bits per heavy atom. The van der Waals surface area contributed by atoms with Gasteiger partial charge in [0.2, 0.25) is 0 Å². The van der Waals surface area contributed by atoms with Gasteiger partial charge in [-0.2, -0.15) is 18.3 Å². The Hall–Kier alpha value is -2.61. The third-order valence-corrected chi connectivity index (χ3v) is 5.38. The highest BCUT2D eigenvalue weighted by atomic mass is 32.1. The highest BCUT2D eigenvalue weighted by Gasteiger charge is 2.33. The lowest BCUT2D eigenvalue weighted by Gasteiger charge is -2.27. The van der Waals surface area contributed by atoms with E-state index in [0.717, 1.165) is 17.2 Å². The van der Waals surface area contributed by atoms with Crippen LogP contribution in [0.4, 0.5) is 13.2 Å². The third-order valence-electron chi connectivity index (χ3n) is 4.35. The van der Waals surface area contributed by atoms with Gasteiger partial charge in [0.25, 0.3) is 5.91 Å². The third kappa shape index (κ3) is 3.12. The Morgan fingerprint density at radius 3 is 2.58 bits per heavy atom. The Morgan fingerprint density at radius 1 is 1.12 bits per heavy atom. The second kappa shape index (κ2) is 6.28. The Bertz CT molecular complexity index is 943. The first-order valence-corrected chi connectivity index (χ1v) is 8.87. The van der Waals surface area contributed by atoms with Gasteiger partial charge in [-0.3, -0.25) is 4.79 Å². The van der Waals surface area contributed by atoms with Gasteiger partial charge in [0.05, 0.1) is 5.69 Å². The van der Waals surface area contributed by atoms with Crippen LogP contribution in [0.3, 0.4) is 0 Å². The smallest absolute Gasteiger partial charge is 0.334 e. The molecule has 1 aliphatic rings. The van der Waals surface area contributed by atoms with Gasteiger partial charge in [-0.25, -0.2) is 4.68 Å². The molecule has 4 rings (SSSR count). The van der Waals surface area contributed by atoms with Crippen molar-refractivity contribution in [3.05, 3.63) is 69.7 Å². The van der Waals surface area contributed by atoms with Crippen molar-refractivity contribution in [2.24, 2.45) is 0 Å². The molecule has 1 aliphatic heterocycles. The summed E-state index contributed by atoms with van der Waals surface area (Å²) in [5, 5.41) is 5.57. The number of aromatic nitrogens is 2. The highest BCUT2D eigenvalue weighted by Crippen LogP contribution is 2.28. The molecule has 134 valence electrons. The van der Waals surface area contributed by atoms with Gasteiger partial charge in [-0.15, -0.1) is 11.3 Å². The number of thiophene rings is 1. The van der Waals surface area contributed by atoms with Crippen LogP contribution in [0.5, 0.6) is 0 Å². The standard InChI is InChI=1S/C18H14F3N3OS/c19-18(20,21)16-6-9-24(22-16)14-3-1-12(2-4-14)17(25)23-8-5-15-13(11-23)7-10-26-15/h1-4,6-7,9-10H,5,8,11H2. The van der Waals surface area contributed by atoms with Crippen molar-refractivity contribution < 1.29 is 18.0 Å². The van der Waals surface area contributed by atoms with Crippen LogP contribution in [-0.4, -0.2) is 27.1 Å². The van der Waals surface area contributed by atoms with E-state index < -0.39 is 11.9 Å². The molecule has 26 heavy (non-hydrogen) atoms. The molecule has 3 aromatic rings. The topological polar surface area (TPSA) is 38.1 Å². The number of hydrogen-bond donors (Lipinski definition) is 0. The molecule has 1 aromatic carbocycles. The van der Waals surface area contributed by atoms with Crippen molar-refractivity contribution in [2.45, 2.75) is 19.1 Å². The minimum atomic E-state index is -4.48. The van der Waals surface area contributed by atoms with Crippen LogP contribution >= 0.6 is 11.3 Å². The molecule has 0 unspecified atom stereocenters. The summed E-state index contributed by atoms with van der Waals surface area (Å²) >= 11 is 1.71. The number of benzene rings is 1. The van der Waals surface area contributed by atoms with Gasteiger partial charge < -0.3 is 4.90 Å². The fourth-order valence-electron chi connectivity index (χ4n) is 2.98. The summed E-state index contributed by atoms with van der Waals surface area (Å²) in [6, 6.07) is 9.40. The number of carbonyl (C=O) groups excluding carboxylic acids is 1. The minimum Gasteiger partial charge on any atom is -0.334 e.